The Labute approximate surface area is 117 Å². The van der Waals surface area contributed by atoms with Gasteiger partial charge in [0.05, 0.1) is 0 Å². The molecular formula is C14H20N4O2. The second-order valence-electron chi connectivity index (χ2n) is 5.81. The maximum absolute atomic E-state index is 12.0. The topological polar surface area (TPSA) is 76.0 Å². The molecule has 2 amide bonds. The maximum Gasteiger partial charge on any atom is 0.271 e. The van der Waals surface area contributed by atoms with Crippen molar-refractivity contribution < 1.29 is 9.59 Å². The van der Waals surface area contributed by atoms with E-state index in [2.05, 4.69) is 15.7 Å². The molecule has 0 bridgehead atoms. The molecule has 2 N–H and O–H groups in total. The van der Waals surface area contributed by atoms with E-state index in [0.717, 1.165) is 19.4 Å². The summed E-state index contributed by atoms with van der Waals surface area (Å²) >= 11 is 0. The van der Waals surface area contributed by atoms with Gasteiger partial charge in [0.15, 0.2) is 5.69 Å². The number of anilines is 1. The van der Waals surface area contributed by atoms with Gasteiger partial charge in [0.1, 0.15) is 5.82 Å². The molecule has 6 nitrogen and oxygen atoms in total. The third-order valence-electron chi connectivity index (χ3n) is 4.09. The van der Waals surface area contributed by atoms with E-state index in [9.17, 15) is 9.59 Å². The number of carbonyl (C=O) groups excluding carboxylic acids is 2. The van der Waals surface area contributed by atoms with E-state index in [4.69, 9.17) is 0 Å². The lowest BCUT2D eigenvalue weighted by atomic mass is 9.85. The molecule has 3 rings (SSSR count). The van der Waals surface area contributed by atoms with Gasteiger partial charge in [0, 0.05) is 25.6 Å². The summed E-state index contributed by atoms with van der Waals surface area (Å²) in [5.74, 6) is 1.20. The number of hydrogen-bond donors (Lipinski definition) is 2. The number of carbonyl (C=O) groups is 2. The summed E-state index contributed by atoms with van der Waals surface area (Å²) in [4.78, 5) is 23.7. The molecule has 0 spiro atoms. The minimum absolute atomic E-state index is 0.0226. The minimum Gasteiger partial charge on any atom is -0.350 e. The van der Waals surface area contributed by atoms with Crippen molar-refractivity contribution in [3.8, 4) is 0 Å². The van der Waals surface area contributed by atoms with Crippen molar-refractivity contribution in [2.24, 2.45) is 18.9 Å². The van der Waals surface area contributed by atoms with E-state index in [1.807, 2.05) is 0 Å². The Bertz CT molecular complexity index is 529. The molecule has 2 fully saturated rings. The van der Waals surface area contributed by atoms with Crippen LogP contribution in [0.1, 0.15) is 42.6 Å². The first-order chi connectivity index (χ1) is 9.63. The van der Waals surface area contributed by atoms with Gasteiger partial charge in [0.25, 0.3) is 5.91 Å². The summed E-state index contributed by atoms with van der Waals surface area (Å²) < 4.78 is 1.54. The van der Waals surface area contributed by atoms with Crippen LogP contribution in [0.3, 0.4) is 0 Å². The molecule has 0 atom stereocenters. The highest BCUT2D eigenvalue weighted by atomic mass is 16.2. The third kappa shape index (κ3) is 2.84. The predicted molar refractivity (Wildman–Crippen MR) is 74.2 cm³/mol. The zero-order chi connectivity index (χ0) is 14.1. The van der Waals surface area contributed by atoms with Gasteiger partial charge in [-0.05, 0) is 31.6 Å². The van der Waals surface area contributed by atoms with Crippen molar-refractivity contribution >= 4 is 17.6 Å². The fraction of sp³-hybridized carbons (Fsp3) is 0.643. The lowest BCUT2D eigenvalue weighted by molar-refractivity contribution is -0.117. The molecule has 6 heteroatoms. The largest absolute Gasteiger partial charge is 0.350 e. The molecular weight excluding hydrogens is 256 g/mol. The van der Waals surface area contributed by atoms with Gasteiger partial charge in [-0.1, -0.05) is 6.42 Å². The summed E-state index contributed by atoms with van der Waals surface area (Å²) in [6.07, 6.45) is 5.58. The Morgan fingerprint density at radius 3 is 2.70 bits per heavy atom. The van der Waals surface area contributed by atoms with Gasteiger partial charge in [-0.15, -0.1) is 0 Å². The summed E-state index contributed by atoms with van der Waals surface area (Å²) in [5.41, 5.74) is 0.359. The standard InChI is InChI=1S/C14H20N4O2/c1-18-12(16-13(19)10-5-6-10)7-11(17-18)14(20)15-8-9-3-2-4-9/h7,9-10H,2-6,8H2,1H3,(H,15,20)(H,16,19). The van der Waals surface area contributed by atoms with Crippen LogP contribution in [0.4, 0.5) is 5.82 Å². The number of nitrogens with one attached hydrogen (secondary N) is 2. The first-order valence-corrected chi connectivity index (χ1v) is 7.26. The highest BCUT2D eigenvalue weighted by molar-refractivity contribution is 5.96. The zero-order valence-corrected chi connectivity index (χ0v) is 11.7. The number of amides is 2. The van der Waals surface area contributed by atoms with E-state index >= 15 is 0 Å². The summed E-state index contributed by atoms with van der Waals surface area (Å²) in [6, 6.07) is 1.64. The number of rotatable bonds is 5. The molecule has 2 aliphatic rings. The van der Waals surface area contributed by atoms with Crippen LogP contribution in [-0.4, -0.2) is 28.1 Å². The highest BCUT2D eigenvalue weighted by Crippen LogP contribution is 2.30. The van der Waals surface area contributed by atoms with Gasteiger partial charge >= 0.3 is 0 Å². The fourth-order valence-corrected chi connectivity index (χ4v) is 2.29. The number of aromatic nitrogens is 2. The lowest BCUT2D eigenvalue weighted by Crippen LogP contribution is -2.32. The molecule has 0 aromatic carbocycles. The SMILES string of the molecule is Cn1nc(C(=O)NCC2CCC2)cc1NC(=O)C1CC1. The van der Waals surface area contributed by atoms with Crippen molar-refractivity contribution in [2.45, 2.75) is 32.1 Å². The van der Waals surface area contributed by atoms with E-state index in [0.29, 0.717) is 17.4 Å². The minimum atomic E-state index is -0.167. The van der Waals surface area contributed by atoms with Crippen LogP contribution in [0, 0.1) is 11.8 Å². The Balaban J connectivity index is 1.58. The predicted octanol–water partition coefficient (Wildman–Crippen LogP) is 1.30. The lowest BCUT2D eigenvalue weighted by Gasteiger charge is -2.25. The van der Waals surface area contributed by atoms with Crippen LogP contribution in [0.15, 0.2) is 6.07 Å². The second-order valence-corrected chi connectivity index (χ2v) is 5.81. The van der Waals surface area contributed by atoms with Crippen LogP contribution in [-0.2, 0) is 11.8 Å². The quantitative estimate of drug-likeness (QED) is 0.851. The van der Waals surface area contributed by atoms with Crippen LogP contribution < -0.4 is 10.6 Å². The van der Waals surface area contributed by atoms with E-state index in [-0.39, 0.29) is 17.7 Å². The molecule has 0 unspecified atom stereocenters. The van der Waals surface area contributed by atoms with Crippen LogP contribution in [0.2, 0.25) is 0 Å². The zero-order valence-electron chi connectivity index (χ0n) is 11.7. The second kappa shape index (κ2) is 5.26. The van der Waals surface area contributed by atoms with Gasteiger partial charge in [-0.2, -0.15) is 5.10 Å². The van der Waals surface area contributed by atoms with Crippen LogP contribution >= 0.6 is 0 Å². The Morgan fingerprint density at radius 2 is 2.10 bits per heavy atom. The summed E-state index contributed by atoms with van der Waals surface area (Å²) in [7, 11) is 1.73. The summed E-state index contributed by atoms with van der Waals surface area (Å²) in [6.45, 7) is 0.721. The summed E-state index contributed by atoms with van der Waals surface area (Å²) in [5, 5.41) is 9.87. The van der Waals surface area contributed by atoms with Crippen molar-refractivity contribution in [1.29, 1.82) is 0 Å². The molecule has 2 saturated carbocycles. The van der Waals surface area contributed by atoms with Crippen molar-refractivity contribution in [2.75, 3.05) is 11.9 Å². The molecule has 20 heavy (non-hydrogen) atoms. The van der Waals surface area contributed by atoms with Gasteiger partial charge in [0.2, 0.25) is 5.91 Å². The van der Waals surface area contributed by atoms with E-state index in [1.165, 1.54) is 19.3 Å². The highest BCUT2D eigenvalue weighted by Gasteiger charge is 2.30. The Hall–Kier alpha value is -1.85. The van der Waals surface area contributed by atoms with Crippen molar-refractivity contribution in [1.82, 2.24) is 15.1 Å². The van der Waals surface area contributed by atoms with E-state index < -0.39 is 0 Å². The normalized spacial score (nSPS) is 18.4. The van der Waals surface area contributed by atoms with Gasteiger partial charge in [-0.3, -0.25) is 14.3 Å². The molecule has 0 radical (unpaired) electrons. The Morgan fingerprint density at radius 1 is 1.35 bits per heavy atom. The molecule has 0 aliphatic heterocycles. The molecule has 1 aromatic heterocycles. The van der Waals surface area contributed by atoms with Gasteiger partial charge < -0.3 is 10.6 Å². The average molecular weight is 276 g/mol. The van der Waals surface area contributed by atoms with Crippen molar-refractivity contribution in [3.05, 3.63) is 11.8 Å². The number of aryl methyl sites for hydroxylation is 1. The first-order valence-electron chi connectivity index (χ1n) is 7.26. The average Bonchev–Trinajstić information content (AvgIpc) is 3.14. The monoisotopic (exact) mass is 276 g/mol. The Kier molecular flexibility index (Phi) is 3.46. The first kappa shape index (κ1) is 13.1. The van der Waals surface area contributed by atoms with Crippen LogP contribution in [0.25, 0.3) is 0 Å². The molecule has 0 saturated heterocycles. The smallest absolute Gasteiger partial charge is 0.271 e. The fourth-order valence-electron chi connectivity index (χ4n) is 2.29. The molecule has 1 heterocycles. The third-order valence-corrected chi connectivity index (χ3v) is 4.09. The van der Waals surface area contributed by atoms with Crippen molar-refractivity contribution in [3.63, 3.8) is 0 Å². The molecule has 108 valence electrons. The van der Waals surface area contributed by atoms with Crippen LogP contribution in [0.5, 0.6) is 0 Å². The van der Waals surface area contributed by atoms with E-state index in [1.54, 1.807) is 17.8 Å². The molecule has 2 aliphatic carbocycles. The number of nitrogens with zero attached hydrogens (tertiary/aromatic N) is 2. The van der Waals surface area contributed by atoms with Gasteiger partial charge in [-0.25, -0.2) is 0 Å². The number of hydrogen-bond acceptors (Lipinski definition) is 3. The molecule has 1 aromatic rings. The maximum atomic E-state index is 12.0.